The first kappa shape index (κ1) is 10.1. The number of hydrogen-bond donors (Lipinski definition) is 1. The fraction of sp³-hybridized carbons (Fsp3) is 0.600. The summed E-state index contributed by atoms with van der Waals surface area (Å²) < 4.78 is 0. The Kier molecular flexibility index (Phi) is 3.37. The van der Waals surface area contributed by atoms with Crippen LogP contribution in [0.2, 0.25) is 0 Å². The van der Waals surface area contributed by atoms with Gasteiger partial charge in [0.1, 0.15) is 5.82 Å². The maximum absolute atomic E-state index is 9.00. The molecule has 0 aliphatic carbocycles. The van der Waals surface area contributed by atoms with Crippen molar-refractivity contribution in [1.29, 1.82) is 0 Å². The molecule has 0 saturated heterocycles. The van der Waals surface area contributed by atoms with Gasteiger partial charge in [-0.15, -0.1) is 0 Å². The summed E-state index contributed by atoms with van der Waals surface area (Å²) in [5, 5.41) is 9.00. The van der Waals surface area contributed by atoms with Gasteiger partial charge in [0.05, 0.1) is 6.61 Å². The van der Waals surface area contributed by atoms with Gasteiger partial charge < -0.3 is 5.11 Å². The highest BCUT2D eigenvalue weighted by Crippen LogP contribution is 2.12. The molecule has 1 rings (SSSR count). The fourth-order valence-corrected chi connectivity index (χ4v) is 1.17. The lowest BCUT2D eigenvalue weighted by Gasteiger charge is -2.08. The molecule has 0 amide bonds. The highest BCUT2D eigenvalue weighted by molar-refractivity contribution is 5.17. The summed E-state index contributed by atoms with van der Waals surface area (Å²) in [5.41, 5.74) is 1.80. The maximum Gasteiger partial charge on any atom is 0.131 e. The molecule has 0 aliphatic heterocycles. The van der Waals surface area contributed by atoms with Crippen molar-refractivity contribution in [2.24, 2.45) is 0 Å². The zero-order valence-electron chi connectivity index (χ0n) is 8.41. The first-order valence-corrected chi connectivity index (χ1v) is 4.64. The van der Waals surface area contributed by atoms with Crippen molar-refractivity contribution in [3.63, 3.8) is 0 Å². The first-order chi connectivity index (χ1) is 6.19. The molecule has 1 N–H and O–H groups in total. The molecule has 72 valence electrons. The Balaban J connectivity index is 3.05. The maximum atomic E-state index is 9.00. The van der Waals surface area contributed by atoms with E-state index in [1.165, 1.54) is 0 Å². The third-order valence-electron chi connectivity index (χ3n) is 1.99. The van der Waals surface area contributed by atoms with Gasteiger partial charge >= 0.3 is 0 Å². The molecule has 0 saturated carbocycles. The molecular weight excluding hydrogens is 164 g/mol. The van der Waals surface area contributed by atoms with Gasteiger partial charge in [0.25, 0.3) is 0 Å². The Morgan fingerprint density at radius 2 is 2.15 bits per heavy atom. The predicted octanol–water partition coefficient (Wildman–Crippen LogP) is 1.65. The number of aryl methyl sites for hydroxylation is 1. The van der Waals surface area contributed by atoms with E-state index in [0.29, 0.717) is 5.92 Å². The highest BCUT2D eigenvalue weighted by Gasteiger charge is 2.06. The predicted molar refractivity (Wildman–Crippen MR) is 51.4 cm³/mol. The van der Waals surface area contributed by atoms with E-state index in [4.69, 9.17) is 5.11 Å². The van der Waals surface area contributed by atoms with Crippen LogP contribution in [0.15, 0.2) is 6.20 Å². The molecule has 0 aliphatic rings. The molecule has 1 heterocycles. The van der Waals surface area contributed by atoms with E-state index in [2.05, 4.69) is 23.8 Å². The zero-order chi connectivity index (χ0) is 9.84. The average Bonchev–Trinajstić information content (AvgIpc) is 2.16. The normalized spacial score (nSPS) is 10.8. The minimum absolute atomic E-state index is 0.0293. The van der Waals surface area contributed by atoms with E-state index in [1.807, 2.05) is 6.92 Å². The third kappa shape index (κ3) is 2.25. The van der Waals surface area contributed by atoms with Crippen molar-refractivity contribution < 1.29 is 5.11 Å². The van der Waals surface area contributed by atoms with Crippen molar-refractivity contribution in [1.82, 2.24) is 9.97 Å². The Bertz CT molecular complexity index is 284. The Labute approximate surface area is 78.9 Å². The van der Waals surface area contributed by atoms with Crippen LogP contribution in [0.3, 0.4) is 0 Å². The topological polar surface area (TPSA) is 46.0 Å². The van der Waals surface area contributed by atoms with Crippen molar-refractivity contribution in [2.75, 3.05) is 0 Å². The lowest BCUT2D eigenvalue weighted by molar-refractivity contribution is 0.279. The summed E-state index contributed by atoms with van der Waals surface area (Å²) in [5.74, 6) is 1.20. The van der Waals surface area contributed by atoms with E-state index in [-0.39, 0.29) is 6.61 Å². The molecule has 13 heavy (non-hydrogen) atoms. The van der Waals surface area contributed by atoms with Crippen molar-refractivity contribution >= 4 is 0 Å². The number of aromatic nitrogens is 2. The quantitative estimate of drug-likeness (QED) is 0.769. The molecule has 1 aromatic rings. The first-order valence-electron chi connectivity index (χ1n) is 4.64. The number of hydrogen-bond acceptors (Lipinski definition) is 3. The standard InChI is InChI=1S/C10H16N2O/c1-4-9-8(6-13)5-11-10(12-9)7(2)3/h5,7,13H,4,6H2,1-3H3. The molecule has 0 spiro atoms. The molecule has 0 bridgehead atoms. The van der Waals surface area contributed by atoms with Crippen molar-refractivity contribution in [2.45, 2.75) is 39.7 Å². The summed E-state index contributed by atoms with van der Waals surface area (Å²) in [6.45, 7) is 6.19. The second-order valence-electron chi connectivity index (χ2n) is 3.37. The van der Waals surface area contributed by atoms with Gasteiger partial charge in [-0.2, -0.15) is 0 Å². The second-order valence-corrected chi connectivity index (χ2v) is 3.37. The van der Waals surface area contributed by atoms with Crippen LogP contribution in [0, 0.1) is 0 Å². The summed E-state index contributed by atoms with van der Waals surface area (Å²) in [6.07, 6.45) is 2.57. The molecule has 3 nitrogen and oxygen atoms in total. The molecular formula is C10H16N2O. The Morgan fingerprint density at radius 3 is 2.62 bits per heavy atom. The smallest absolute Gasteiger partial charge is 0.131 e. The summed E-state index contributed by atoms with van der Waals surface area (Å²) in [6, 6.07) is 0. The second kappa shape index (κ2) is 4.33. The van der Waals surface area contributed by atoms with Crippen LogP contribution in [-0.4, -0.2) is 15.1 Å². The molecule has 0 unspecified atom stereocenters. The van der Waals surface area contributed by atoms with E-state index >= 15 is 0 Å². The molecule has 0 radical (unpaired) electrons. The summed E-state index contributed by atoms with van der Waals surface area (Å²) in [7, 11) is 0. The van der Waals surface area contributed by atoms with Gasteiger partial charge in [0, 0.05) is 23.4 Å². The van der Waals surface area contributed by atoms with Crippen LogP contribution in [-0.2, 0) is 13.0 Å². The summed E-state index contributed by atoms with van der Waals surface area (Å²) >= 11 is 0. The molecule has 0 fully saturated rings. The zero-order valence-corrected chi connectivity index (χ0v) is 8.41. The lowest BCUT2D eigenvalue weighted by atomic mass is 10.1. The van der Waals surface area contributed by atoms with Crippen LogP contribution < -0.4 is 0 Å². The highest BCUT2D eigenvalue weighted by atomic mass is 16.3. The van der Waals surface area contributed by atoms with Crippen LogP contribution >= 0.6 is 0 Å². The molecule has 0 aromatic carbocycles. The van der Waals surface area contributed by atoms with E-state index in [0.717, 1.165) is 23.5 Å². The van der Waals surface area contributed by atoms with Crippen LogP contribution in [0.1, 0.15) is 43.8 Å². The van der Waals surface area contributed by atoms with E-state index in [9.17, 15) is 0 Å². The SMILES string of the molecule is CCc1nc(C(C)C)ncc1CO. The van der Waals surface area contributed by atoms with Crippen molar-refractivity contribution in [3.8, 4) is 0 Å². The number of aliphatic hydroxyl groups excluding tert-OH is 1. The monoisotopic (exact) mass is 180 g/mol. The fourth-order valence-electron chi connectivity index (χ4n) is 1.17. The Hall–Kier alpha value is -0.960. The van der Waals surface area contributed by atoms with E-state index in [1.54, 1.807) is 6.20 Å². The number of rotatable bonds is 3. The molecule has 0 atom stereocenters. The van der Waals surface area contributed by atoms with Gasteiger partial charge in [0.15, 0.2) is 0 Å². The van der Waals surface area contributed by atoms with Gasteiger partial charge in [-0.05, 0) is 6.42 Å². The minimum atomic E-state index is 0.0293. The molecule has 1 aromatic heterocycles. The van der Waals surface area contributed by atoms with Gasteiger partial charge in [0.2, 0.25) is 0 Å². The van der Waals surface area contributed by atoms with Crippen LogP contribution in [0.4, 0.5) is 0 Å². The van der Waals surface area contributed by atoms with Crippen LogP contribution in [0.5, 0.6) is 0 Å². The Morgan fingerprint density at radius 1 is 1.46 bits per heavy atom. The average molecular weight is 180 g/mol. The minimum Gasteiger partial charge on any atom is -0.392 e. The van der Waals surface area contributed by atoms with E-state index < -0.39 is 0 Å². The van der Waals surface area contributed by atoms with Gasteiger partial charge in [-0.3, -0.25) is 0 Å². The third-order valence-corrected chi connectivity index (χ3v) is 1.99. The van der Waals surface area contributed by atoms with Gasteiger partial charge in [-0.25, -0.2) is 9.97 Å². The van der Waals surface area contributed by atoms with Crippen LogP contribution in [0.25, 0.3) is 0 Å². The summed E-state index contributed by atoms with van der Waals surface area (Å²) in [4.78, 5) is 8.58. The largest absolute Gasteiger partial charge is 0.392 e. The number of nitrogens with zero attached hydrogens (tertiary/aromatic N) is 2. The number of aliphatic hydroxyl groups is 1. The molecule has 3 heteroatoms. The van der Waals surface area contributed by atoms with Gasteiger partial charge in [-0.1, -0.05) is 20.8 Å². The lowest BCUT2D eigenvalue weighted by Crippen LogP contribution is -2.04. The van der Waals surface area contributed by atoms with Crippen molar-refractivity contribution in [3.05, 3.63) is 23.3 Å².